The van der Waals surface area contributed by atoms with Crippen molar-refractivity contribution in [2.75, 3.05) is 17.2 Å². The fourth-order valence-electron chi connectivity index (χ4n) is 3.76. The highest BCUT2D eigenvalue weighted by Crippen LogP contribution is 2.30. The van der Waals surface area contributed by atoms with Crippen LogP contribution in [0.4, 0.5) is 17.2 Å². The summed E-state index contributed by atoms with van der Waals surface area (Å²) in [5.74, 6) is 1.83. The highest BCUT2D eigenvalue weighted by molar-refractivity contribution is 5.97. The molecule has 1 atom stereocenters. The molecular weight excluding hydrogens is 446 g/mol. The van der Waals surface area contributed by atoms with Crippen LogP contribution in [0, 0.1) is 6.92 Å². The van der Waals surface area contributed by atoms with Crippen LogP contribution >= 0.6 is 0 Å². The summed E-state index contributed by atoms with van der Waals surface area (Å²) in [5, 5.41) is 15.4. The molecule has 1 unspecified atom stereocenters. The minimum Gasteiger partial charge on any atom is -0.463 e. The zero-order chi connectivity index (χ0) is 23.8. The second-order valence-corrected chi connectivity index (χ2v) is 8.20. The molecular formula is C24H21N9O2. The number of fused-ring (bicyclic) bond motifs is 2. The smallest absolute Gasteiger partial charge is 0.289 e. The molecule has 0 saturated carbocycles. The average Bonchev–Trinajstić information content (AvgIpc) is 3.49. The summed E-state index contributed by atoms with van der Waals surface area (Å²) in [6, 6.07) is 14.1. The summed E-state index contributed by atoms with van der Waals surface area (Å²) in [7, 11) is 0. The van der Waals surface area contributed by atoms with Gasteiger partial charge in [0.2, 0.25) is 5.88 Å². The van der Waals surface area contributed by atoms with Crippen molar-refractivity contribution in [1.82, 2.24) is 29.5 Å². The van der Waals surface area contributed by atoms with E-state index < -0.39 is 0 Å². The molecule has 35 heavy (non-hydrogen) atoms. The first-order valence-corrected chi connectivity index (χ1v) is 11.0. The van der Waals surface area contributed by atoms with Gasteiger partial charge in [0, 0.05) is 22.8 Å². The van der Waals surface area contributed by atoms with E-state index in [1.807, 2.05) is 50.2 Å². The van der Waals surface area contributed by atoms with Crippen molar-refractivity contribution >= 4 is 39.8 Å². The summed E-state index contributed by atoms with van der Waals surface area (Å²) in [4.78, 5) is 17.6. The first-order valence-electron chi connectivity index (χ1n) is 11.0. The van der Waals surface area contributed by atoms with E-state index in [1.54, 1.807) is 29.4 Å². The van der Waals surface area contributed by atoms with Gasteiger partial charge in [-0.1, -0.05) is 0 Å². The Kier molecular flexibility index (Phi) is 5.06. The predicted octanol–water partition coefficient (Wildman–Crippen LogP) is 4.10. The van der Waals surface area contributed by atoms with E-state index in [9.17, 15) is 0 Å². The Labute approximate surface area is 199 Å². The van der Waals surface area contributed by atoms with Crippen molar-refractivity contribution in [2.24, 2.45) is 4.99 Å². The third kappa shape index (κ3) is 4.26. The van der Waals surface area contributed by atoms with Crippen LogP contribution in [0.15, 0.2) is 66.4 Å². The highest BCUT2D eigenvalue weighted by Gasteiger charge is 2.15. The topological polar surface area (TPSA) is 124 Å². The van der Waals surface area contributed by atoms with Gasteiger partial charge in [0.1, 0.15) is 37.2 Å². The van der Waals surface area contributed by atoms with Gasteiger partial charge in [-0.2, -0.15) is 0 Å². The van der Waals surface area contributed by atoms with Crippen LogP contribution in [-0.2, 0) is 4.74 Å². The van der Waals surface area contributed by atoms with E-state index in [1.165, 1.54) is 0 Å². The summed E-state index contributed by atoms with van der Waals surface area (Å²) in [6.45, 7) is 4.56. The number of hydrogen-bond acceptors (Lipinski definition) is 10. The van der Waals surface area contributed by atoms with Gasteiger partial charge in [0.05, 0.1) is 11.6 Å². The van der Waals surface area contributed by atoms with E-state index in [4.69, 9.17) is 9.47 Å². The van der Waals surface area contributed by atoms with Crippen molar-refractivity contribution in [2.45, 2.75) is 19.9 Å². The number of amidine groups is 1. The number of ether oxygens (including phenoxy) is 2. The molecule has 11 heteroatoms. The lowest BCUT2D eigenvalue weighted by atomic mass is 10.1. The fraction of sp³-hybridized carbons (Fsp3) is 0.167. The quantitative estimate of drug-likeness (QED) is 0.393. The number of anilines is 3. The van der Waals surface area contributed by atoms with Crippen molar-refractivity contribution in [1.29, 1.82) is 0 Å². The SMILES string of the molecule is Cc1cc(Nc2ncnc3ccc(NC4=NC(C)CO4)cc23)ccc1Oc1cc2nncn2cn1. The largest absolute Gasteiger partial charge is 0.463 e. The van der Waals surface area contributed by atoms with Gasteiger partial charge in [-0.25, -0.2) is 19.9 Å². The molecule has 6 rings (SSSR count). The molecule has 4 heterocycles. The molecule has 0 radical (unpaired) electrons. The standard InChI is InChI=1S/C24H21N9O2/c1-14-7-16(4-6-20(14)35-22-9-21-32-28-13-33(21)12-27-22)30-23-18-8-17(3-5-19(18)25-11-26-23)31-24-29-15(2)10-34-24/h3-9,11-13,15H,10H2,1-2H3,(H,29,31)(H,25,26,30). The van der Waals surface area contributed by atoms with E-state index in [0.29, 0.717) is 35.7 Å². The summed E-state index contributed by atoms with van der Waals surface area (Å²) >= 11 is 0. The zero-order valence-electron chi connectivity index (χ0n) is 19.0. The average molecular weight is 467 g/mol. The summed E-state index contributed by atoms with van der Waals surface area (Å²) < 4.78 is 13.2. The number of hydrogen-bond donors (Lipinski definition) is 2. The predicted molar refractivity (Wildman–Crippen MR) is 131 cm³/mol. The lowest BCUT2D eigenvalue weighted by Gasteiger charge is -2.13. The Morgan fingerprint density at radius 1 is 1.00 bits per heavy atom. The summed E-state index contributed by atoms with van der Waals surface area (Å²) in [6.07, 6.45) is 4.75. The lowest BCUT2D eigenvalue weighted by molar-refractivity contribution is 0.322. The van der Waals surface area contributed by atoms with E-state index in [-0.39, 0.29) is 6.04 Å². The number of aromatic nitrogens is 6. The molecule has 11 nitrogen and oxygen atoms in total. The Balaban J connectivity index is 1.24. The molecule has 3 aromatic heterocycles. The molecule has 0 bridgehead atoms. The Hall–Kier alpha value is -4.80. The molecule has 1 aliphatic heterocycles. The van der Waals surface area contributed by atoms with Crippen LogP contribution in [0.2, 0.25) is 0 Å². The Morgan fingerprint density at radius 3 is 2.74 bits per heavy atom. The number of aliphatic imine (C=N–C) groups is 1. The van der Waals surface area contributed by atoms with Gasteiger partial charge in [0.25, 0.3) is 6.02 Å². The second-order valence-electron chi connectivity index (χ2n) is 8.20. The summed E-state index contributed by atoms with van der Waals surface area (Å²) in [5.41, 5.74) is 4.13. The van der Waals surface area contributed by atoms with Gasteiger partial charge >= 0.3 is 0 Å². The number of benzene rings is 2. The van der Waals surface area contributed by atoms with Crippen LogP contribution in [0.25, 0.3) is 16.6 Å². The van der Waals surface area contributed by atoms with Gasteiger partial charge in [-0.15, -0.1) is 10.2 Å². The van der Waals surface area contributed by atoms with Gasteiger partial charge < -0.3 is 20.1 Å². The lowest BCUT2D eigenvalue weighted by Crippen LogP contribution is -2.11. The first kappa shape index (κ1) is 20.8. The number of nitrogens with one attached hydrogen (secondary N) is 2. The normalized spacial score (nSPS) is 15.1. The van der Waals surface area contributed by atoms with Gasteiger partial charge in [-0.3, -0.25) is 4.40 Å². The minimum atomic E-state index is 0.148. The molecule has 0 aliphatic carbocycles. The maximum absolute atomic E-state index is 5.97. The van der Waals surface area contributed by atoms with Crippen LogP contribution in [0.1, 0.15) is 12.5 Å². The van der Waals surface area contributed by atoms with Gasteiger partial charge in [-0.05, 0) is 55.8 Å². The molecule has 1 aliphatic rings. The van der Waals surface area contributed by atoms with Crippen molar-refractivity contribution < 1.29 is 9.47 Å². The van der Waals surface area contributed by atoms with Crippen molar-refractivity contribution in [3.63, 3.8) is 0 Å². The molecule has 0 fully saturated rings. The molecule has 174 valence electrons. The van der Waals surface area contributed by atoms with Crippen molar-refractivity contribution in [3.8, 4) is 11.6 Å². The maximum atomic E-state index is 5.97. The Morgan fingerprint density at radius 2 is 1.89 bits per heavy atom. The molecule has 0 spiro atoms. The van der Waals surface area contributed by atoms with E-state index >= 15 is 0 Å². The zero-order valence-corrected chi connectivity index (χ0v) is 19.0. The first-order chi connectivity index (χ1) is 17.1. The van der Waals surface area contributed by atoms with Crippen LogP contribution in [0.3, 0.4) is 0 Å². The minimum absolute atomic E-state index is 0.148. The second kappa shape index (κ2) is 8.52. The van der Waals surface area contributed by atoms with E-state index in [0.717, 1.165) is 27.8 Å². The molecule has 2 aromatic carbocycles. The van der Waals surface area contributed by atoms with E-state index in [2.05, 4.69) is 40.8 Å². The number of rotatable bonds is 5. The third-order valence-corrected chi connectivity index (χ3v) is 5.50. The molecule has 2 N–H and O–H groups in total. The number of nitrogens with zero attached hydrogens (tertiary/aromatic N) is 7. The van der Waals surface area contributed by atoms with Gasteiger partial charge in [0.15, 0.2) is 5.65 Å². The molecule has 0 amide bonds. The molecule has 0 saturated heterocycles. The monoisotopic (exact) mass is 467 g/mol. The maximum Gasteiger partial charge on any atom is 0.289 e. The highest BCUT2D eigenvalue weighted by atomic mass is 16.5. The Bertz CT molecular complexity index is 1580. The van der Waals surface area contributed by atoms with Crippen molar-refractivity contribution in [3.05, 3.63) is 67.0 Å². The fourth-order valence-corrected chi connectivity index (χ4v) is 3.76. The number of aryl methyl sites for hydroxylation is 1. The van der Waals surface area contributed by atoms with Crippen LogP contribution < -0.4 is 15.4 Å². The van der Waals surface area contributed by atoms with Crippen LogP contribution in [-0.4, -0.2) is 48.2 Å². The van der Waals surface area contributed by atoms with Crippen LogP contribution in [0.5, 0.6) is 11.6 Å². The molecule has 5 aromatic rings. The third-order valence-electron chi connectivity index (χ3n) is 5.50.